The third-order valence-electron chi connectivity index (χ3n) is 5.01. The third kappa shape index (κ3) is 4.30. The van der Waals surface area contributed by atoms with Gasteiger partial charge in [0.15, 0.2) is 0 Å². The van der Waals surface area contributed by atoms with Gasteiger partial charge in [-0.25, -0.2) is 4.39 Å². The fraction of sp³-hybridized carbons (Fsp3) is 0.579. The Kier molecular flexibility index (Phi) is 5.25. The Morgan fingerprint density at radius 3 is 2.48 bits per heavy atom. The van der Waals surface area contributed by atoms with Crippen molar-refractivity contribution in [1.29, 1.82) is 0 Å². The average molecular weight is 348 g/mol. The molecule has 3 rings (SSSR count). The number of hydrogen-bond acceptors (Lipinski definition) is 4. The Hall–Kier alpha value is -2.11. The van der Waals surface area contributed by atoms with Crippen molar-refractivity contribution in [3.8, 4) is 5.75 Å². The summed E-state index contributed by atoms with van der Waals surface area (Å²) in [6.07, 6.45) is 2.32. The summed E-state index contributed by atoms with van der Waals surface area (Å²) in [5.74, 6) is 0.376. The number of carbonyl (C=O) groups is 2. The van der Waals surface area contributed by atoms with Crippen molar-refractivity contribution in [3.05, 3.63) is 24.0 Å². The van der Waals surface area contributed by atoms with Gasteiger partial charge >= 0.3 is 0 Å². The maximum atomic E-state index is 13.7. The summed E-state index contributed by atoms with van der Waals surface area (Å²) in [5.41, 5.74) is 0.765. The minimum atomic E-state index is -0.333. The molecule has 2 fully saturated rings. The molecule has 1 amide bonds. The van der Waals surface area contributed by atoms with Gasteiger partial charge in [-0.05, 0) is 18.9 Å². The number of ether oxygens (including phenoxy) is 1. The predicted octanol–water partition coefficient (Wildman–Crippen LogP) is 2.49. The molecule has 5 nitrogen and oxygen atoms in total. The fourth-order valence-electron chi connectivity index (χ4n) is 3.31. The summed E-state index contributed by atoms with van der Waals surface area (Å²) in [5, 5.41) is 0. The van der Waals surface area contributed by atoms with Crippen LogP contribution in [0.4, 0.5) is 10.1 Å². The number of methoxy groups -OCH3 is 1. The lowest BCUT2D eigenvalue weighted by molar-refractivity contribution is -0.137. The van der Waals surface area contributed by atoms with Crippen LogP contribution < -0.4 is 9.64 Å². The van der Waals surface area contributed by atoms with Crippen LogP contribution in [0.1, 0.15) is 26.2 Å². The molecule has 0 N–H and O–H groups in total. The van der Waals surface area contributed by atoms with Crippen LogP contribution in [0.3, 0.4) is 0 Å². The Bertz CT molecular complexity index is 652. The van der Waals surface area contributed by atoms with Crippen molar-refractivity contribution >= 4 is 17.4 Å². The summed E-state index contributed by atoms with van der Waals surface area (Å²) in [7, 11) is 1.51. The topological polar surface area (TPSA) is 49.9 Å². The molecule has 136 valence electrons. The summed E-state index contributed by atoms with van der Waals surface area (Å²) in [6, 6.07) is 4.64. The van der Waals surface area contributed by atoms with E-state index in [-0.39, 0.29) is 29.3 Å². The Labute approximate surface area is 147 Å². The second-order valence-corrected chi connectivity index (χ2v) is 7.01. The highest BCUT2D eigenvalue weighted by Crippen LogP contribution is 2.32. The number of Topliss-reactive ketones (excluding diaryl/α,β-unsaturated/α-hetero) is 1. The van der Waals surface area contributed by atoms with E-state index in [2.05, 4.69) is 4.90 Å². The van der Waals surface area contributed by atoms with Crippen molar-refractivity contribution in [1.82, 2.24) is 4.90 Å². The van der Waals surface area contributed by atoms with Gasteiger partial charge in [-0.3, -0.25) is 9.59 Å². The molecule has 1 unspecified atom stereocenters. The molecular weight excluding hydrogens is 323 g/mol. The number of halogens is 1. The van der Waals surface area contributed by atoms with Gasteiger partial charge < -0.3 is 14.5 Å². The molecule has 1 aromatic rings. The number of hydrogen-bond donors (Lipinski definition) is 0. The number of nitrogens with zero attached hydrogens (tertiary/aromatic N) is 2. The Morgan fingerprint density at radius 2 is 1.88 bits per heavy atom. The molecule has 1 saturated carbocycles. The quantitative estimate of drug-likeness (QED) is 0.793. The molecule has 0 aromatic heterocycles. The summed E-state index contributed by atoms with van der Waals surface area (Å²) in [4.78, 5) is 28.3. The Morgan fingerprint density at radius 1 is 1.20 bits per heavy atom. The number of amides is 1. The van der Waals surface area contributed by atoms with Crippen molar-refractivity contribution in [2.75, 3.05) is 38.2 Å². The first-order valence-corrected chi connectivity index (χ1v) is 8.89. The zero-order valence-electron chi connectivity index (χ0n) is 14.8. The van der Waals surface area contributed by atoms with Gasteiger partial charge in [0.05, 0.1) is 7.11 Å². The van der Waals surface area contributed by atoms with Gasteiger partial charge in [-0.1, -0.05) is 6.92 Å². The van der Waals surface area contributed by atoms with Gasteiger partial charge in [-0.15, -0.1) is 0 Å². The summed E-state index contributed by atoms with van der Waals surface area (Å²) in [6.45, 7) is 4.29. The number of piperazine rings is 1. The SMILES string of the molecule is COc1cc(F)cc(N2CCN(C(=O)C(C)CC(=O)C3CC3)CC2)c1. The molecule has 6 heteroatoms. The number of ketones is 1. The van der Waals surface area contributed by atoms with E-state index >= 15 is 0 Å². The summed E-state index contributed by atoms with van der Waals surface area (Å²) < 4.78 is 18.8. The van der Waals surface area contributed by atoms with E-state index in [0.29, 0.717) is 38.3 Å². The molecule has 1 aliphatic carbocycles. The monoisotopic (exact) mass is 348 g/mol. The van der Waals surface area contributed by atoms with Crippen molar-refractivity contribution in [2.45, 2.75) is 26.2 Å². The fourth-order valence-corrected chi connectivity index (χ4v) is 3.31. The van der Waals surface area contributed by atoms with E-state index in [1.165, 1.54) is 19.2 Å². The number of rotatable bonds is 6. The van der Waals surface area contributed by atoms with E-state index in [1.54, 1.807) is 6.07 Å². The second kappa shape index (κ2) is 7.42. The van der Waals surface area contributed by atoms with Crippen molar-refractivity contribution < 1.29 is 18.7 Å². The lowest BCUT2D eigenvalue weighted by Gasteiger charge is -2.37. The standard InChI is InChI=1S/C19H25FN2O3/c1-13(9-18(23)14-3-4-14)19(24)22-7-5-21(6-8-22)16-10-15(20)11-17(12-16)25-2/h10-14H,3-9H2,1-2H3. The maximum Gasteiger partial charge on any atom is 0.225 e. The molecule has 0 spiro atoms. The molecule has 25 heavy (non-hydrogen) atoms. The van der Waals surface area contributed by atoms with E-state index in [9.17, 15) is 14.0 Å². The molecule has 1 heterocycles. The van der Waals surface area contributed by atoms with Gasteiger partial charge in [0, 0.05) is 62.3 Å². The first kappa shape index (κ1) is 17.7. The lowest BCUT2D eigenvalue weighted by atomic mass is 10.0. The van der Waals surface area contributed by atoms with E-state index in [0.717, 1.165) is 18.5 Å². The van der Waals surface area contributed by atoms with Gasteiger partial charge in [0.1, 0.15) is 17.3 Å². The van der Waals surface area contributed by atoms with Crippen LogP contribution >= 0.6 is 0 Å². The molecule has 2 aliphatic rings. The maximum absolute atomic E-state index is 13.7. The van der Waals surface area contributed by atoms with Crippen LogP contribution in [0.15, 0.2) is 18.2 Å². The Balaban J connectivity index is 1.55. The van der Waals surface area contributed by atoms with Crippen molar-refractivity contribution in [2.24, 2.45) is 11.8 Å². The van der Waals surface area contributed by atoms with E-state index in [1.807, 2.05) is 11.8 Å². The van der Waals surface area contributed by atoms with Crippen LogP contribution in [0.5, 0.6) is 5.75 Å². The van der Waals surface area contributed by atoms with E-state index in [4.69, 9.17) is 4.74 Å². The van der Waals surface area contributed by atoms with Crippen LogP contribution in [-0.2, 0) is 9.59 Å². The normalized spacial score (nSPS) is 18.8. The lowest BCUT2D eigenvalue weighted by Crippen LogP contribution is -2.50. The van der Waals surface area contributed by atoms with E-state index < -0.39 is 0 Å². The van der Waals surface area contributed by atoms with Crippen LogP contribution in [0.2, 0.25) is 0 Å². The third-order valence-corrected chi connectivity index (χ3v) is 5.01. The first-order valence-electron chi connectivity index (χ1n) is 8.89. The molecule has 1 aliphatic heterocycles. The number of carbonyl (C=O) groups excluding carboxylic acids is 2. The minimum absolute atomic E-state index is 0.0467. The number of anilines is 1. The average Bonchev–Trinajstić information content (AvgIpc) is 3.45. The highest BCUT2D eigenvalue weighted by Gasteiger charge is 2.33. The van der Waals surface area contributed by atoms with Crippen LogP contribution in [-0.4, -0.2) is 49.9 Å². The van der Waals surface area contributed by atoms with Gasteiger partial charge in [0.25, 0.3) is 0 Å². The zero-order chi connectivity index (χ0) is 18.0. The highest BCUT2D eigenvalue weighted by atomic mass is 19.1. The van der Waals surface area contributed by atoms with Crippen molar-refractivity contribution in [3.63, 3.8) is 0 Å². The molecule has 0 bridgehead atoms. The highest BCUT2D eigenvalue weighted by molar-refractivity contribution is 5.89. The number of benzene rings is 1. The largest absolute Gasteiger partial charge is 0.497 e. The molecule has 1 atom stereocenters. The van der Waals surface area contributed by atoms with Gasteiger partial charge in [-0.2, -0.15) is 0 Å². The smallest absolute Gasteiger partial charge is 0.225 e. The van der Waals surface area contributed by atoms with Crippen LogP contribution in [0.25, 0.3) is 0 Å². The first-order chi connectivity index (χ1) is 12.0. The molecule has 1 saturated heterocycles. The van der Waals surface area contributed by atoms with Gasteiger partial charge in [0.2, 0.25) is 5.91 Å². The summed E-state index contributed by atoms with van der Waals surface area (Å²) >= 11 is 0. The molecule has 0 radical (unpaired) electrons. The molecular formula is C19H25FN2O3. The molecule has 1 aromatic carbocycles. The van der Waals surface area contributed by atoms with Crippen LogP contribution in [0, 0.1) is 17.7 Å². The minimum Gasteiger partial charge on any atom is -0.497 e. The second-order valence-electron chi connectivity index (χ2n) is 7.01. The zero-order valence-corrected chi connectivity index (χ0v) is 14.8. The predicted molar refractivity (Wildman–Crippen MR) is 93.3 cm³/mol.